The molecule has 12 aromatic carbocycles. The number of benzene rings is 12. The second kappa shape index (κ2) is 36.1. The Morgan fingerprint density at radius 3 is 0.494 bits per heavy atom. The van der Waals surface area contributed by atoms with Crippen LogP contribution in [0.3, 0.4) is 0 Å². The van der Waals surface area contributed by atoms with E-state index >= 15 is 0 Å². The third kappa shape index (κ3) is 20.2. The first-order valence-corrected chi connectivity index (χ1v) is 34.0. The number of alkyl halides is 3. The molecule has 13 aromatic rings. The van der Waals surface area contributed by atoms with Gasteiger partial charge >= 0.3 is 6.18 Å². The molecule has 0 atom stereocenters. The zero-order chi connectivity index (χ0) is 60.9. The van der Waals surface area contributed by atoms with E-state index in [1.54, 1.807) is 0 Å². The molecule has 0 spiro atoms. The van der Waals surface area contributed by atoms with Crippen LogP contribution in [-0.2, 0) is 26.6 Å². The van der Waals surface area contributed by atoms with E-state index < -0.39 is 43.6 Å². The van der Waals surface area contributed by atoms with E-state index in [-0.39, 0.29) is 26.1 Å². The van der Waals surface area contributed by atoms with Crippen LogP contribution in [0, 0.1) is 11.3 Å². The number of aromatic nitrogens is 1. The summed E-state index contributed by atoms with van der Waals surface area (Å²) in [6.45, 7) is 0. The van der Waals surface area contributed by atoms with Crippen molar-refractivity contribution in [3.8, 4) is 6.07 Å². The maximum absolute atomic E-state index is 11.9. The van der Waals surface area contributed by atoms with Gasteiger partial charge in [0.1, 0.15) is 17.5 Å². The molecule has 0 aliphatic rings. The van der Waals surface area contributed by atoms with Crippen molar-refractivity contribution < 1.29 is 33.6 Å². The Balaban J connectivity index is 0.000000145. The van der Waals surface area contributed by atoms with Crippen LogP contribution in [0.25, 0.3) is 0 Å². The van der Waals surface area contributed by atoms with E-state index in [1.807, 2.05) is 0 Å². The van der Waals surface area contributed by atoms with Gasteiger partial charge in [-0.15, -0.1) is 0 Å². The Bertz CT molecular complexity index is 3210. The van der Waals surface area contributed by atoms with Gasteiger partial charge in [0.05, 0.1) is 0 Å². The minimum absolute atomic E-state index is 0. The number of nitrogens with zero attached hydrogens (tertiary/aromatic N) is 2. The smallest absolute Gasteiger partial charge is 0.233 e. The monoisotopic (exact) mass is 1330 g/mol. The molecule has 2 nitrogen and oxygen atoms in total. The minimum Gasteiger partial charge on any atom is -0.233 e. The Morgan fingerprint density at radius 1 is 0.225 bits per heavy atom. The number of rotatable bonds is 12. The van der Waals surface area contributed by atoms with E-state index in [2.05, 4.69) is 369 Å². The topological polar surface area (TPSA) is 36.7 Å². The van der Waals surface area contributed by atoms with Crippen molar-refractivity contribution in [2.45, 2.75) is 6.18 Å². The Morgan fingerprint density at radius 2 is 0.371 bits per heavy atom. The van der Waals surface area contributed by atoms with Crippen molar-refractivity contribution in [1.29, 1.82) is 5.26 Å². The molecule has 0 radical (unpaired) electrons. The van der Waals surface area contributed by atoms with Crippen LogP contribution in [0.15, 0.2) is 382 Å². The van der Waals surface area contributed by atoms with Crippen LogP contribution in [0.1, 0.15) is 11.4 Å². The minimum atomic E-state index is -4.48. The Labute approximate surface area is 541 Å². The SMILES string of the molecule is N#Cc1cccc(C(F)(F)F)n1.[Pd].c1ccc(P(c2ccccc2)c2ccccc2)cc1.c1ccc(P(c2ccccc2)c2ccccc2)cc1.c1ccc(P(c2ccccc2)c2ccccc2)cc1.c1ccc(P(c2ccccc2)c2ccccc2)cc1. The molecule has 0 unspecified atom stereocenters. The van der Waals surface area contributed by atoms with Crippen LogP contribution >= 0.6 is 31.7 Å². The molecule has 1 aromatic heterocycles. The van der Waals surface area contributed by atoms with Crippen LogP contribution in [0.5, 0.6) is 0 Å². The second-order valence-electron chi connectivity index (χ2n) is 19.4. The summed E-state index contributed by atoms with van der Waals surface area (Å²) in [6, 6.07) is 134. The molecule has 0 saturated heterocycles. The molecule has 13 rings (SSSR count). The summed E-state index contributed by atoms with van der Waals surface area (Å²) in [4.78, 5) is 3.08. The van der Waals surface area contributed by atoms with Crippen LogP contribution in [0.4, 0.5) is 13.2 Å². The van der Waals surface area contributed by atoms with Crippen molar-refractivity contribution >= 4 is 95.3 Å². The molecule has 89 heavy (non-hydrogen) atoms. The molecule has 0 fully saturated rings. The van der Waals surface area contributed by atoms with E-state index in [4.69, 9.17) is 5.26 Å². The predicted octanol–water partition coefficient (Wildman–Crippen LogP) is 15.7. The normalized spacial score (nSPS) is 10.5. The van der Waals surface area contributed by atoms with Gasteiger partial charge in [-0.3, -0.25) is 0 Å². The molecule has 440 valence electrons. The fraction of sp³-hybridized carbons (Fsp3) is 0.0127. The average molecular weight is 1330 g/mol. The molecule has 0 amide bonds. The summed E-state index contributed by atoms with van der Waals surface area (Å²) < 4.78 is 35.8. The van der Waals surface area contributed by atoms with Gasteiger partial charge in [0.2, 0.25) is 0 Å². The standard InChI is InChI=1S/4C18H15P.C7H3F3N2.Pd/c4*1-4-10-16(11-5-1)19(17-12-6-2-7-13-17)18-14-8-3-9-15-18;8-7(9,10)6-3-1-2-5(4-11)12-6;/h4*1-15H;1-3H;. The molecule has 0 aliphatic heterocycles. The van der Waals surface area contributed by atoms with Gasteiger partial charge < -0.3 is 0 Å². The first-order chi connectivity index (χ1) is 43.3. The molecular formula is C79H63F3N2P4Pd. The Kier molecular flexibility index (Phi) is 26.9. The van der Waals surface area contributed by atoms with E-state index in [1.165, 1.54) is 75.8 Å². The van der Waals surface area contributed by atoms with Crippen LogP contribution in [-0.4, -0.2) is 4.98 Å². The molecular weight excluding hydrogens is 1260 g/mol. The quantitative estimate of drug-likeness (QED) is 0.0903. The predicted molar refractivity (Wildman–Crippen MR) is 375 cm³/mol. The largest absolute Gasteiger partial charge is 0.433 e. The number of hydrogen-bond acceptors (Lipinski definition) is 2. The van der Waals surface area contributed by atoms with Crippen LogP contribution in [0.2, 0.25) is 0 Å². The number of hydrogen-bond donors (Lipinski definition) is 0. The zero-order valence-electron chi connectivity index (χ0n) is 48.5. The third-order valence-corrected chi connectivity index (χ3v) is 23.1. The summed E-state index contributed by atoms with van der Waals surface area (Å²) in [5.41, 5.74) is -1.27. The van der Waals surface area contributed by atoms with Gasteiger partial charge in [0, 0.05) is 20.4 Å². The summed E-state index contributed by atoms with van der Waals surface area (Å²) in [7, 11) is -1.78. The van der Waals surface area contributed by atoms with Crippen molar-refractivity contribution in [2.24, 2.45) is 0 Å². The van der Waals surface area contributed by atoms with Crippen molar-refractivity contribution in [2.75, 3.05) is 0 Å². The zero-order valence-corrected chi connectivity index (χ0v) is 53.6. The molecule has 10 heteroatoms. The third-order valence-electron chi connectivity index (χ3n) is 13.3. The van der Waals surface area contributed by atoms with Crippen molar-refractivity contribution in [3.05, 3.63) is 394 Å². The van der Waals surface area contributed by atoms with Gasteiger partial charge in [-0.05, 0) is 107 Å². The van der Waals surface area contributed by atoms with Gasteiger partial charge in [0.25, 0.3) is 0 Å². The number of nitriles is 1. The molecule has 0 bridgehead atoms. The van der Waals surface area contributed by atoms with Gasteiger partial charge in [-0.25, -0.2) is 4.98 Å². The summed E-state index contributed by atoms with van der Waals surface area (Å²) in [6.07, 6.45) is -4.48. The maximum atomic E-state index is 11.9. The van der Waals surface area contributed by atoms with Crippen LogP contribution < -0.4 is 63.7 Å². The van der Waals surface area contributed by atoms with Gasteiger partial charge in [-0.1, -0.05) is 370 Å². The average Bonchev–Trinajstić information content (AvgIpc) is 3.63. The second-order valence-corrected chi connectivity index (χ2v) is 28.3. The number of halogens is 3. The maximum Gasteiger partial charge on any atom is 0.433 e. The van der Waals surface area contributed by atoms with Crippen molar-refractivity contribution in [1.82, 2.24) is 4.98 Å². The summed E-state index contributed by atoms with van der Waals surface area (Å²) in [5.74, 6) is 0. The fourth-order valence-corrected chi connectivity index (χ4v) is 18.6. The summed E-state index contributed by atoms with van der Waals surface area (Å²) in [5, 5.41) is 25.0. The molecule has 1 heterocycles. The first-order valence-electron chi connectivity index (χ1n) is 28.6. The molecule has 0 N–H and O–H groups in total. The fourth-order valence-electron chi connectivity index (χ4n) is 9.37. The van der Waals surface area contributed by atoms with Crippen molar-refractivity contribution in [3.63, 3.8) is 0 Å². The van der Waals surface area contributed by atoms with Gasteiger partial charge in [0.15, 0.2) is 0 Å². The number of pyridine rings is 1. The Hall–Kier alpha value is -8.55. The van der Waals surface area contributed by atoms with E-state index in [0.29, 0.717) is 0 Å². The molecule has 0 saturated carbocycles. The molecule has 0 aliphatic carbocycles. The van der Waals surface area contributed by atoms with Gasteiger partial charge in [-0.2, -0.15) is 18.4 Å². The summed E-state index contributed by atoms with van der Waals surface area (Å²) >= 11 is 0. The van der Waals surface area contributed by atoms with E-state index in [0.717, 1.165) is 12.1 Å². The van der Waals surface area contributed by atoms with E-state index in [9.17, 15) is 13.2 Å². The first kappa shape index (κ1) is 66.4.